The van der Waals surface area contributed by atoms with Crippen LogP contribution in [-0.4, -0.2) is 44.0 Å². The van der Waals surface area contributed by atoms with Gasteiger partial charge in [-0.3, -0.25) is 9.67 Å². The molecule has 0 amide bonds. The number of rotatable bonds is 7. The molecule has 0 aliphatic carbocycles. The van der Waals surface area contributed by atoms with Crippen LogP contribution in [0.4, 0.5) is 0 Å². The minimum Gasteiger partial charge on any atom is -0.356 e. The lowest BCUT2D eigenvalue weighted by Crippen LogP contribution is -2.37. The van der Waals surface area contributed by atoms with E-state index in [1.807, 2.05) is 36.0 Å². The summed E-state index contributed by atoms with van der Waals surface area (Å²) in [5, 5.41) is 10.6. The smallest absolute Gasteiger partial charge is 0.191 e. The van der Waals surface area contributed by atoms with Crippen LogP contribution in [0.15, 0.2) is 46.5 Å². The first-order valence-corrected chi connectivity index (χ1v) is 10.0. The lowest BCUT2D eigenvalue weighted by atomic mass is 10.1. The molecule has 144 valence electrons. The summed E-state index contributed by atoms with van der Waals surface area (Å²) in [5.74, 6) is 0.713. The third-order valence-corrected chi connectivity index (χ3v) is 5.00. The minimum absolute atomic E-state index is 0. The molecule has 0 aliphatic heterocycles. The molecule has 1 aromatic carbocycles. The zero-order chi connectivity index (χ0) is 18.3. The van der Waals surface area contributed by atoms with Crippen LogP contribution >= 0.6 is 24.0 Å². The van der Waals surface area contributed by atoms with Crippen LogP contribution in [-0.2, 0) is 22.9 Å². The molecule has 2 aromatic rings. The molecule has 0 atom stereocenters. The summed E-state index contributed by atoms with van der Waals surface area (Å²) in [6.07, 6.45) is 5.87. The van der Waals surface area contributed by atoms with Crippen molar-refractivity contribution in [3.05, 3.63) is 47.8 Å². The van der Waals surface area contributed by atoms with Gasteiger partial charge in [0, 0.05) is 45.3 Å². The number of nitrogens with one attached hydrogen (secondary N) is 2. The molecule has 9 heteroatoms. The highest BCUT2D eigenvalue weighted by Gasteiger charge is 2.10. The Balaban J connectivity index is 0.00000338. The Morgan fingerprint density at radius 2 is 2.08 bits per heavy atom. The molecular weight excluding hydrogens is 465 g/mol. The molecular formula is C17H26IN5O2S. The van der Waals surface area contributed by atoms with E-state index < -0.39 is 9.84 Å². The maximum absolute atomic E-state index is 11.7. The van der Waals surface area contributed by atoms with E-state index in [9.17, 15) is 8.42 Å². The highest BCUT2D eigenvalue weighted by molar-refractivity contribution is 14.0. The van der Waals surface area contributed by atoms with Crippen molar-refractivity contribution in [3.63, 3.8) is 0 Å². The summed E-state index contributed by atoms with van der Waals surface area (Å²) in [5.41, 5.74) is 1.76. The molecule has 0 saturated heterocycles. The summed E-state index contributed by atoms with van der Waals surface area (Å²) in [7, 11) is -1.46. The summed E-state index contributed by atoms with van der Waals surface area (Å²) in [6, 6.07) is 7.27. The van der Waals surface area contributed by atoms with E-state index in [-0.39, 0.29) is 24.0 Å². The second-order valence-corrected chi connectivity index (χ2v) is 7.83. The molecule has 0 unspecified atom stereocenters. The lowest BCUT2D eigenvalue weighted by molar-refractivity contribution is 0.570. The van der Waals surface area contributed by atoms with E-state index in [2.05, 4.69) is 20.7 Å². The number of aryl methyl sites for hydroxylation is 2. The Hall–Kier alpha value is -1.62. The third-order valence-electron chi connectivity index (χ3n) is 3.74. The number of guanidine groups is 1. The average Bonchev–Trinajstić information content (AvgIpc) is 3.06. The first-order chi connectivity index (χ1) is 11.9. The second-order valence-electron chi connectivity index (χ2n) is 5.85. The molecule has 0 radical (unpaired) electrons. The van der Waals surface area contributed by atoms with Gasteiger partial charge in [0.15, 0.2) is 15.8 Å². The topological polar surface area (TPSA) is 88.4 Å². The average molecular weight is 491 g/mol. The van der Waals surface area contributed by atoms with Crippen molar-refractivity contribution in [1.29, 1.82) is 0 Å². The van der Waals surface area contributed by atoms with Crippen LogP contribution in [0.3, 0.4) is 0 Å². The predicted molar refractivity (Wildman–Crippen MR) is 115 cm³/mol. The molecule has 1 aromatic heterocycles. The molecule has 2 rings (SSSR count). The van der Waals surface area contributed by atoms with Gasteiger partial charge in [-0.1, -0.05) is 12.1 Å². The number of nitrogens with zero attached hydrogens (tertiary/aromatic N) is 3. The molecule has 2 N–H and O–H groups in total. The number of aliphatic imine (C=N–C) groups is 1. The van der Waals surface area contributed by atoms with Gasteiger partial charge in [0.1, 0.15) is 0 Å². The first-order valence-electron chi connectivity index (χ1n) is 8.11. The fourth-order valence-corrected chi connectivity index (χ4v) is 3.48. The zero-order valence-corrected chi connectivity index (χ0v) is 18.4. The van der Waals surface area contributed by atoms with Crippen molar-refractivity contribution < 1.29 is 8.42 Å². The van der Waals surface area contributed by atoms with Crippen molar-refractivity contribution >= 4 is 39.8 Å². The number of benzene rings is 1. The van der Waals surface area contributed by atoms with Crippen molar-refractivity contribution in [3.8, 4) is 0 Å². The molecule has 0 bridgehead atoms. The summed E-state index contributed by atoms with van der Waals surface area (Å²) in [4.78, 5) is 4.57. The summed E-state index contributed by atoms with van der Waals surface area (Å²) < 4.78 is 25.2. The number of aromatic nitrogens is 2. The van der Waals surface area contributed by atoms with Gasteiger partial charge in [-0.2, -0.15) is 5.10 Å². The monoisotopic (exact) mass is 491 g/mol. The van der Waals surface area contributed by atoms with Crippen LogP contribution in [0.2, 0.25) is 0 Å². The Kier molecular flexibility index (Phi) is 9.06. The molecule has 0 fully saturated rings. The van der Waals surface area contributed by atoms with E-state index in [0.29, 0.717) is 17.4 Å². The lowest BCUT2D eigenvalue weighted by Gasteiger charge is -2.13. The van der Waals surface area contributed by atoms with Crippen LogP contribution in [0.1, 0.15) is 17.5 Å². The molecule has 0 spiro atoms. The molecule has 26 heavy (non-hydrogen) atoms. The van der Waals surface area contributed by atoms with Crippen molar-refractivity contribution in [2.24, 2.45) is 4.99 Å². The maximum Gasteiger partial charge on any atom is 0.191 e. The minimum atomic E-state index is -3.18. The number of hydrogen-bond acceptors (Lipinski definition) is 4. The predicted octanol–water partition coefficient (Wildman–Crippen LogP) is 1.97. The zero-order valence-electron chi connectivity index (χ0n) is 15.3. The maximum atomic E-state index is 11.7. The molecule has 0 aliphatic rings. The number of halogens is 1. The van der Waals surface area contributed by atoms with Gasteiger partial charge in [-0.05, 0) is 36.6 Å². The van der Waals surface area contributed by atoms with Crippen LogP contribution in [0.25, 0.3) is 0 Å². The highest BCUT2D eigenvalue weighted by atomic mass is 127. The standard InChI is InChI=1S/C17H25N5O2S.HI/c1-14-12-15(6-7-16(14)25(3,23)24)13-20-17(18-2)19-8-4-10-22-11-5-9-21-22;/h5-7,9,11-12H,4,8,10,13H2,1-3H3,(H2,18,19,20);1H. The van der Waals surface area contributed by atoms with Gasteiger partial charge in [0.05, 0.1) is 4.90 Å². The van der Waals surface area contributed by atoms with Gasteiger partial charge in [-0.25, -0.2) is 8.42 Å². The van der Waals surface area contributed by atoms with Gasteiger partial charge in [-0.15, -0.1) is 24.0 Å². The van der Waals surface area contributed by atoms with Crippen LogP contribution < -0.4 is 10.6 Å². The SMILES string of the molecule is CN=C(NCCCn1cccn1)NCc1ccc(S(C)(=O)=O)c(C)c1.I. The third kappa shape index (κ3) is 6.94. The Morgan fingerprint density at radius 1 is 1.31 bits per heavy atom. The van der Waals surface area contributed by atoms with Crippen molar-refractivity contribution in [2.75, 3.05) is 19.8 Å². The van der Waals surface area contributed by atoms with Gasteiger partial charge in [0.2, 0.25) is 0 Å². The molecule has 7 nitrogen and oxygen atoms in total. The Labute approximate surface area is 172 Å². The fraction of sp³-hybridized carbons (Fsp3) is 0.412. The number of hydrogen-bond donors (Lipinski definition) is 2. The van der Waals surface area contributed by atoms with E-state index in [1.165, 1.54) is 6.26 Å². The Morgan fingerprint density at radius 3 is 2.65 bits per heavy atom. The van der Waals surface area contributed by atoms with Crippen molar-refractivity contribution in [1.82, 2.24) is 20.4 Å². The molecule has 0 saturated carbocycles. The van der Waals surface area contributed by atoms with Crippen LogP contribution in [0, 0.1) is 6.92 Å². The van der Waals surface area contributed by atoms with E-state index in [0.717, 1.165) is 30.6 Å². The van der Waals surface area contributed by atoms with E-state index >= 15 is 0 Å². The molecule has 1 heterocycles. The quantitative estimate of drug-likeness (QED) is 0.268. The summed E-state index contributed by atoms with van der Waals surface area (Å²) >= 11 is 0. The second kappa shape index (κ2) is 10.5. The highest BCUT2D eigenvalue weighted by Crippen LogP contribution is 2.16. The van der Waals surface area contributed by atoms with Crippen molar-refractivity contribution in [2.45, 2.75) is 31.3 Å². The van der Waals surface area contributed by atoms with Crippen LogP contribution in [0.5, 0.6) is 0 Å². The van der Waals surface area contributed by atoms with Gasteiger partial charge in [0.25, 0.3) is 0 Å². The Bertz CT molecular complexity index is 820. The number of sulfone groups is 1. The van der Waals surface area contributed by atoms with Gasteiger partial charge < -0.3 is 10.6 Å². The van der Waals surface area contributed by atoms with E-state index in [1.54, 1.807) is 19.3 Å². The normalized spacial score (nSPS) is 11.7. The van der Waals surface area contributed by atoms with E-state index in [4.69, 9.17) is 0 Å². The first kappa shape index (κ1) is 22.4. The summed E-state index contributed by atoms with van der Waals surface area (Å²) in [6.45, 7) is 4.01. The largest absolute Gasteiger partial charge is 0.356 e. The fourth-order valence-electron chi connectivity index (χ4n) is 2.52. The van der Waals surface area contributed by atoms with Gasteiger partial charge >= 0.3 is 0 Å².